The lowest BCUT2D eigenvalue weighted by Crippen LogP contribution is -2.44. The van der Waals surface area contributed by atoms with Gasteiger partial charge in [0.1, 0.15) is 31.0 Å². The molecule has 1 aliphatic rings. The number of nitrogens with zero attached hydrogens (tertiary/aromatic N) is 1. The number of ether oxygens (including phenoxy) is 2. The summed E-state index contributed by atoms with van der Waals surface area (Å²) >= 11 is 0. The smallest absolute Gasteiger partial charge is 0.326 e. The summed E-state index contributed by atoms with van der Waals surface area (Å²) in [7, 11) is 0. The van der Waals surface area contributed by atoms with Crippen LogP contribution in [0.25, 0.3) is 0 Å². The van der Waals surface area contributed by atoms with Crippen molar-refractivity contribution < 1.29 is 23.9 Å². The van der Waals surface area contributed by atoms with E-state index >= 15 is 0 Å². The summed E-state index contributed by atoms with van der Waals surface area (Å²) < 4.78 is 10.6. The highest BCUT2D eigenvalue weighted by Crippen LogP contribution is 2.23. The van der Waals surface area contributed by atoms with E-state index in [1.54, 1.807) is 6.92 Å². The first kappa shape index (κ1) is 21.4. The number of nitrogens with one attached hydrogen (secondary N) is 1. The zero-order valence-corrected chi connectivity index (χ0v) is 17.2. The van der Waals surface area contributed by atoms with Crippen LogP contribution in [-0.4, -0.2) is 48.1 Å². The monoisotopic (exact) mass is 410 g/mol. The Morgan fingerprint density at radius 1 is 1.03 bits per heavy atom. The summed E-state index contributed by atoms with van der Waals surface area (Å²) in [6.07, 6.45) is 1.08. The van der Waals surface area contributed by atoms with E-state index in [2.05, 4.69) is 5.32 Å². The van der Waals surface area contributed by atoms with Crippen molar-refractivity contribution in [3.63, 3.8) is 0 Å². The Bertz CT molecular complexity index is 898. The van der Waals surface area contributed by atoms with Crippen molar-refractivity contribution >= 4 is 17.9 Å². The largest absolute Gasteiger partial charge is 0.490 e. The van der Waals surface area contributed by atoms with Gasteiger partial charge in [-0.15, -0.1) is 0 Å². The average Bonchev–Trinajstić information content (AvgIpc) is 2.95. The van der Waals surface area contributed by atoms with E-state index in [1.165, 1.54) is 0 Å². The number of esters is 1. The molecule has 30 heavy (non-hydrogen) atoms. The number of rotatable bonds is 9. The van der Waals surface area contributed by atoms with E-state index in [4.69, 9.17) is 9.47 Å². The van der Waals surface area contributed by atoms with Crippen LogP contribution in [0.3, 0.4) is 0 Å². The maximum atomic E-state index is 12.7. The van der Waals surface area contributed by atoms with Gasteiger partial charge in [0.2, 0.25) is 0 Å². The van der Waals surface area contributed by atoms with Gasteiger partial charge < -0.3 is 14.8 Å². The number of aryl methyl sites for hydroxylation is 2. The molecular formula is C23H26N2O5. The van der Waals surface area contributed by atoms with E-state index in [9.17, 15) is 14.4 Å². The van der Waals surface area contributed by atoms with Crippen molar-refractivity contribution in [2.24, 2.45) is 0 Å². The van der Waals surface area contributed by atoms with Gasteiger partial charge in [-0.25, -0.2) is 4.79 Å². The van der Waals surface area contributed by atoms with E-state index in [0.29, 0.717) is 18.6 Å². The average molecular weight is 410 g/mol. The lowest BCUT2D eigenvalue weighted by atomic mass is 9.93. The van der Waals surface area contributed by atoms with Gasteiger partial charge in [-0.3, -0.25) is 14.5 Å². The number of amides is 3. The van der Waals surface area contributed by atoms with Crippen LogP contribution in [0.15, 0.2) is 54.6 Å². The Labute approximate surface area is 176 Å². The van der Waals surface area contributed by atoms with Gasteiger partial charge in [0.05, 0.1) is 0 Å². The molecule has 3 rings (SSSR count). The highest BCUT2D eigenvalue weighted by molar-refractivity contribution is 6.08. The first-order valence-electron chi connectivity index (χ1n) is 9.90. The minimum atomic E-state index is -1.04. The molecule has 1 aliphatic heterocycles. The van der Waals surface area contributed by atoms with Gasteiger partial charge in [-0.2, -0.15) is 0 Å². The number of carbonyl (C=O) groups is 3. The lowest BCUT2D eigenvalue weighted by Gasteiger charge is -2.21. The number of imide groups is 1. The van der Waals surface area contributed by atoms with Gasteiger partial charge in [0.25, 0.3) is 5.91 Å². The van der Waals surface area contributed by atoms with Gasteiger partial charge in [-0.05, 0) is 44.4 Å². The van der Waals surface area contributed by atoms with Crippen LogP contribution in [0.4, 0.5) is 4.79 Å². The Balaban J connectivity index is 1.44. The molecule has 1 fully saturated rings. The molecule has 0 spiro atoms. The molecule has 3 amide bonds. The van der Waals surface area contributed by atoms with Crippen LogP contribution >= 0.6 is 0 Å². The summed E-state index contributed by atoms with van der Waals surface area (Å²) in [4.78, 5) is 38.0. The standard InChI is InChI=1S/C23H26N2O5/c1-17-8-10-19(11-9-17)29-14-15-30-20(26)16-25-21(27)23(2,24-22(25)28)13-12-18-6-4-3-5-7-18/h3-11H,12-16H2,1-2H3,(H,24,28)/t23-/m1/s1. The van der Waals surface area contributed by atoms with Crippen molar-refractivity contribution in [1.82, 2.24) is 10.2 Å². The Hall–Kier alpha value is -3.35. The Kier molecular flexibility index (Phi) is 6.72. The first-order valence-corrected chi connectivity index (χ1v) is 9.90. The SMILES string of the molecule is Cc1ccc(OCCOC(=O)CN2C(=O)N[C@](C)(CCc3ccccc3)C2=O)cc1. The summed E-state index contributed by atoms with van der Waals surface area (Å²) in [5.41, 5.74) is 1.16. The fourth-order valence-corrected chi connectivity index (χ4v) is 3.22. The number of benzene rings is 2. The highest BCUT2D eigenvalue weighted by atomic mass is 16.6. The van der Waals surface area contributed by atoms with Crippen molar-refractivity contribution in [3.05, 3.63) is 65.7 Å². The van der Waals surface area contributed by atoms with E-state index in [-0.39, 0.29) is 13.2 Å². The van der Waals surface area contributed by atoms with Gasteiger partial charge in [0, 0.05) is 0 Å². The molecule has 0 aromatic heterocycles. The topological polar surface area (TPSA) is 84.9 Å². The summed E-state index contributed by atoms with van der Waals surface area (Å²) in [6, 6.07) is 16.7. The van der Waals surface area contributed by atoms with E-state index < -0.39 is 30.0 Å². The van der Waals surface area contributed by atoms with Crippen molar-refractivity contribution in [3.8, 4) is 5.75 Å². The predicted octanol–water partition coefficient (Wildman–Crippen LogP) is 2.86. The summed E-state index contributed by atoms with van der Waals surface area (Å²) in [6.45, 7) is 3.45. The van der Waals surface area contributed by atoms with Crippen molar-refractivity contribution in [1.29, 1.82) is 0 Å². The number of hydrogen-bond donors (Lipinski definition) is 1. The molecule has 158 valence electrons. The number of urea groups is 1. The fourth-order valence-electron chi connectivity index (χ4n) is 3.22. The third-order valence-electron chi connectivity index (χ3n) is 5.02. The quantitative estimate of drug-likeness (QED) is 0.390. The normalized spacial score (nSPS) is 18.3. The van der Waals surface area contributed by atoms with E-state index in [0.717, 1.165) is 16.0 Å². The Morgan fingerprint density at radius 2 is 1.73 bits per heavy atom. The molecule has 0 radical (unpaired) electrons. The minimum Gasteiger partial charge on any atom is -0.490 e. The molecule has 1 heterocycles. The first-order chi connectivity index (χ1) is 14.4. The molecule has 7 nitrogen and oxygen atoms in total. The highest BCUT2D eigenvalue weighted by Gasteiger charge is 2.48. The number of carbonyl (C=O) groups excluding carboxylic acids is 3. The molecule has 0 unspecified atom stereocenters. The zero-order chi connectivity index (χ0) is 21.6. The van der Waals surface area contributed by atoms with Crippen LogP contribution < -0.4 is 10.1 Å². The second-order valence-electron chi connectivity index (χ2n) is 7.52. The van der Waals surface area contributed by atoms with Crippen LogP contribution in [0.2, 0.25) is 0 Å². The molecule has 1 atom stereocenters. The maximum absolute atomic E-state index is 12.7. The third-order valence-corrected chi connectivity index (χ3v) is 5.02. The predicted molar refractivity (Wildman–Crippen MR) is 111 cm³/mol. The maximum Gasteiger partial charge on any atom is 0.326 e. The van der Waals surface area contributed by atoms with Crippen LogP contribution in [0.5, 0.6) is 5.75 Å². The van der Waals surface area contributed by atoms with Gasteiger partial charge >= 0.3 is 12.0 Å². The molecule has 1 N–H and O–H groups in total. The van der Waals surface area contributed by atoms with Crippen molar-refractivity contribution in [2.45, 2.75) is 32.2 Å². The van der Waals surface area contributed by atoms with E-state index in [1.807, 2.05) is 61.5 Å². The molecule has 7 heteroatoms. The van der Waals surface area contributed by atoms with Crippen molar-refractivity contribution in [2.75, 3.05) is 19.8 Å². The second kappa shape index (κ2) is 9.43. The zero-order valence-electron chi connectivity index (χ0n) is 17.2. The van der Waals surface area contributed by atoms with Crippen LogP contribution in [0, 0.1) is 6.92 Å². The third kappa shape index (κ3) is 5.37. The van der Waals surface area contributed by atoms with Gasteiger partial charge in [0.15, 0.2) is 0 Å². The molecule has 0 aliphatic carbocycles. The molecule has 0 bridgehead atoms. The number of hydrogen-bond acceptors (Lipinski definition) is 5. The van der Waals surface area contributed by atoms with Crippen LogP contribution in [0.1, 0.15) is 24.5 Å². The molecule has 1 saturated heterocycles. The second-order valence-corrected chi connectivity index (χ2v) is 7.52. The minimum absolute atomic E-state index is 0.0294. The summed E-state index contributed by atoms with van der Waals surface area (Å²) in [5, 5.41) is 2.70. The Morgan fingerprint density at radius 3 is 2.43 bits per heavy atom. The van der Waals surface area contributed by atoms with Gasteiger partial charge in [-0.1, -0.05) is 48.0 Å². The fraction of sp³-hybridized carbons (Fsp3) is 0.348. The lowest BCUT2D eigenvalue weighted by molar-refractivity contribution is -0.148. The molecule has 0 saturated carbocycles. The summed E-state index contributed by atoms with van der Waals surface area (Å²) in [5.74, 6) is -0.394. The molecule has 2 aromatic carbocycles. The molecule has 2 aromatic rings. The molecular weight excluding hydrogens is 384 g/mol. The van der Waals surface area contributed by atoms with Crippen LogP contribution in [-0.2, 0) is 20.7 Å².